The Hall–Kier alpha value is 0.0749. The summed E-state index contributed by atoms with van der Waals surface area (Å²) in [5.41, 5.74) is 0. The summed E-state index contributed by atoms with van der Waals surface area (Å²) in [5, 5.41) is 0. The van der Waals surface area contributed by atoms with E-state index in [2.05, 4.69) is 12.0 Å². The Bertz CT molecular complexity index is 12.3. The second kappa shape index (κ2) is 8.91. The van der Waals surface area contributed by atoms with E-state index in [0.717, 1.165) is 0 Å². The van der Waals surface area contributed by atoms with Crippen LogP contribution in [0.4, 0.5) is 16.9 Å². The van der Waals surface area contributed by atoms with Crippen molar-refractivity contribution in [1.82, 2.24) is 0 Å². The first-order chi connectivity index (χ1) is 2.73. The van der Waals surface area contributed by atoms with Crippen LogP contribution in [0.5, 0.6) is 0 Å². The molecule has 0 aromatic rings. The highest BCUT2D eigenvalue weighted by molar-refractivity contribution is 6.33. The third kappa shape index (κ3) is 6860. The first-order valence-electron chi connectivity index (χ1n) is 0.798. The zero-order valence-electron chi connectivity index (χ0n) is 2.47. The molecule has 38 valence electrons. The van der Waals surface area contributed by atoms with E-state index in [1.54, 1.807) is 0 Å². The van der Waals surface area contributed by atoms with Gasteiger partial charge in [-0.25, -0.2) is 0 Å². The Morgan fingerprint density at radius 2 is 1.00 bits per heavy atom. The molecule has 0 saturated carbocycles. The van der Waals surface area contributed by atoms with E-state index in [0.29, 0.717) is 0 Å². The third-order valence-corrected chi connectivity index (χ3v) is 0. The van der Waals surface area contributed by atoms with Gasteiger partial charge in [-0.15, -0.1) is 3.98 Å². The summed E-state index contributed by atoms with van der Waals surface area (Å²) in [5.74, 6) is 0. The minimum Gasteiger partial charge on any atom is -0.254 e. The molecule has 0 aromatic heterocycles. The van der Waals surface area contributed by atoms with E-state index < -0.39 is 7.54 Å². The number of halogens is 5. The van der Waals surface area contributed by atoms with Crippen LogP contribution in [0.15, 0.2) is 0 Å². The van der Waals surface area contributed by atoms with Crippen molar-refractivity contribution < 1.29 is 16.9 Å². The maximum Gasteiger partial charge on any atom is 0.762 e. The molecule has 0 aliphatic heterocycles. The molecular weight excluding hydrogens is 122 g/mol. The Kier molecular flexibility index (Phi) is 14.0. The van der Waals surface area contributed by atoms with Gasteiger partial charge < -0.3 is 0 Å². The van der Waals surface area contributed by atoms with Gasteiger partial charge in [-0.05, 0) is 0 Å². The highest BCUT2D eigenvalue weighted by Gasteiger charge is 2.06. The lowest BCUT2D eigenvalue weighted by atomic mass is 10.5. The SMILES string of the molecule is FB(F)F.FCl. The van der Waals surface area contributed by atoms with Crippen LogP contribution in [-0.4, -0.2) is 7.54 Å². The van der Waals surface area contributed by atoms with Gasteiger partial charge in [-0.3, -0.25) is 12.9 Å². The fraction of sp³-hybridized carbons (Fsp3) is 0. The summed E-state index contributed by atoms with van der Waals surface area (Å²) in [6.07, 6.45) is 0. The molecule has 0 bridgehead atoms. The molecule has 0 unspecified atom stereocenters. The van der Waals surface area contributed by atoms with Crippen molar-refractivity contribution in [3.8, 4) is 0 Å². The summed E-state index contributed by atoms with van der Waals surface area (Å²) in [6.45, 7) is 0. The van der Waals surface area contributed by atoms with Gasteiger partial charge in [0.25, 0.3) is 0 Å². The maximum atomic E-state index is 9.67. The van der Waals surface area contributed by atoms with Crippen molar-refractivity contribution >= 4 is 19.5 Å². The average Bonchev–Trinajstić information content (AvgIpc) is 1.41. The normalized spacial score (nSPS) is 5.50. The Labute approximate surface area is 37.6 Å². The molecule has 0 aliphatic carbocycles. The van der Waals surface area contributed by atoms with E-state index in [4.69, 9.17) is 3.98 Å². The quantitative estimate of drug-likeness (QED) is 0.340. The molecule has 0 nitrogen and oxygen atoms in total. The van der Waals surface area contributed by atoms with E-state index in [1.807, 2.05) is 0 Å². The lowest BCUT2D eigenvalue weighted by molar-refractivity contribution is 0.535. The van der Waals surface area contributed by atoms with Gasteiger partial charge in [0, 0.05) is 0 Å². The summed E-state index contributed by atoms with van der Waals surface area (Å²) in [7, 11) is -3.67. The van der Waals surface area contributed by atoms with Crippen molar-refractivity contribution in [2.24, 2.45) is 0 Å². The van der Waals surface area contributed by atoms with Crippen LogP contribution in [0, 0.1) is 0 Å². The zero-order valence-corrected chi connectivity index (χ0v) is 3.22. The molecule has 0 amide bonds. The second-order valence-electron chi connectivity index (χ2n) is 0.247. The first kappa shape index (κ1) is 9.42. The highest BCUT2D eigenvalue weighted by atomic mass is 35.5. The molecular formula is BClF4. The largest absolute Gasteiger partial charge is 0.762 e. The molecule has 0 heterocycles. The van der Waals surface area contributed by atoms with Crippen molar-refractivity contribution in [3.05, 3.63) is 0 Å². The van der Waals surface area contributed by atoms with Crippen LogP contribution in [0.3, 0.4) is 0 Å². The molecule has 0 rings (SSSR count). The van der Waals surface area contributed by atoms with Crippen LogP contribution in [0.2, 0.25) is 0 Å². The lowest BCUT2D eigenvalue weighted by Gasteiger charge is -1.55. The number of rotatable bonds is 0. The zero-order chi connectivity index (χ0) is 5.58. The van der Waals surface area contributed by atoms with Crippen molar-refractivity contribution in [2.75, 3.05) is 0 Å². The predicted molar refractivity (Wildman–Crippen MR) is 16.0 cm³/mol. The highest BCUT2D eigenvalue weighted by Crippen LogP contribution is 1.80. The molecule has 0 saturated heterocycles. The van der Waals surface area contributed by atoms with Gasteiger partial charge in [-0.2, -0.15) is 0 Å². The molecule has 0 atom stereocenters. The third-order valence-electron chi connectivity index (χ3n) is 0. The monoisotopic (exact) mass is 122 g/mol. The molecule has 0 radical (unpaired) electrons. The standard InChI is InChI=1S/BF3.ClF/c2-1(3)4;1-2. The van der Waals surface area contributed by atoms with Crippen molar-refractivity contribution in [2.45, 2.75) is 0 Å². The van der Waals surface area contributed by atoms with Crippen molar-refractivity contribution in [1.29, 1.82) is 0 Å². The molecule has 0 spiro atoms. The average molecular weight is 122 g/mol. The molecule has 0 aliphatic rings. The van der Waals surface area contributed by atoms with Crippen LogP contribution in [-0.2, 0) is 0 Å². The van der Waals surface area contributed by atoms with Crippen LogP contribution in [0.25, 0.3) is 0 Å². The molecule has 6 heavy (non-hydrogen) atoms. The fourth-order valence-corrected chi connectivity index (χ4v) is 0. The van der Waals surface area contributed by atoms with Gasteiger partial charge >= 0.3 is 7.54 Å². The van der Waals surface area contributed by atoms with Crippen LogP contribution >= 0.6 is 12.0 Å². The van der Waals surface area contributed by atoms with Crippen LogP contribution in [0.1, 0.15) is 0 Å². The lowest BCUT2D eigenvalue weighted by Crippen LogP contribution is -1.76. The summed E-state index contributed by atoms with van der Waals surface area (Å²) < 4.78 is 38.0. The molecule has 6 heteroatoms. The van der Waals surface area contributed by atoms with Gasteiger partial charge in [0.05, 0.1) is 0 Å². The molecule has 0 N–H and O–H groups in total. The van der Waals surface area contributed by atoms with E-state index in [9.17, 15) is 12.9 Å². The number of hydrogen-bond donors (Lipinski definition) is 0. The van der Waals surface area contributed by atoms with Gasteiger partial charge in [-0.1, -0.05) is 0 Å². The maximum absolute atomic E-state index is 9.67. The summed E-state index contributed by atoms with van der Waals surface area (Å²) in [4.78, 5) is 0. The Morgan fingerprint density at radius 1 is 1.00 bits per heavy atom. The van der Waals surface area contributed by atoms with Gasteiger partial charge in [0.1, 0.15) is 12.0 Å². The van der Waals surface area contributed by atoms with Crippen LogP contribution < -0.4 is 0 Å². The summed E-state index contributed by atoms with van der Waals surface area (Å²) >= 11 is 3.14. The van der Waals surface area contributed by atoms with Crippen molar-refractivity contribution in [3.63, 3.8) is 0 Å². The van der Waals surface area contributed by atoms with Gasteiger partial charge in [0.15, 0.2) is 0 Å². The minimum absolute atomic E-state index is 3.14. The number of hydrogen-bond acceptors (Lipinski definition) is 0. The summed E-state index contributed by atoms with van der Waals surface area (Å²) in [6, 6.07) is 0. The fourth-order valence-electron chi connectivity index (χ4n) is 0. The molecule has 0 fully saturated rings. The molecule has 0 aromatic carbocycles. The second-order valence-corrected chi connectivity index (χ2v) is 0.247. The van der Waals surface area contributed by atoms with E-state index >= 15 is 0 Å². The predicted octanol–water partition coefficient (Wildman–Crippen LogP) is 1.99. The van der Waals surface area contributed by atoms with E-state index in [1.165, 1.54) is 0 Å². The smallest absolute Gasteiger partial charge is 0.254 e. The topological polar surface area (TPSA) is 0 Å². The first-order valence-corrected chi connectivity index (χ1v) is 1.08. The Balaban J connectivity index is 0. The Morgan fingerprint density at radius 3 is 1.00 bits per heavy atom. The van der Waals surface area contributed by atoms with Gasteiger partial charge in [0.2, 0.25) is 0 Å². The minimum atomic E-state index is -3.67. The van der Waals surface area contributed by atoms with E-state index in [-0.39, 0.29) is 0 Å².